The SMILES string of the molecule is CC(CC=C(O)CC(=O)O)N1C=NCC1. The van der Waals surface area contributed by atoms with Gasteiger partial charge in [0.2, 0.25) is 0 Å². The molecule has 0 bridgehead atoms. The van der Waals surface area contributed by atoms with Crippen LogP contribution in [0.1, 0.15) is 19.8 Å². The smallest absolute Gasteiger partial charge is 0.311 e. The highest BCUT2D eigenvalue weighted by Gasteiger charge is 2.12. The zero-order chi connectivity index (χ0) is 11.3. The van der Waals surface area contributed by atoms with Gasteiger partial charge in [-0.1, -0.05) is 0 Å². The molecule has 15 heavy (non-hydrogen) atoms. The predicted molar refractivity (Wildman–Crippen MR) is 57.1 cm³/mol. The van der Waals surface area contributed by atoms with Crippen LogP contribution in [0.15, 0.2) is 16.8 Å². The normalized spacial score (nSPS) is 18.2. The van der Waals surface area contributed by atoms with Crippen LogP contribution in [0.2, 0.25) is 0 Å². The second-order valence-electron chi connectivity index (χ2n) is 3.61. The van der Waals surface area contributed by atoms with Crippen LogP contribution in [-0.4, -0.2) is 46.6 Å². The first-order valence-electron chi connectivity index (χ1n) is 4.95. The summed E-state index contributed by atoms with van der Waals surface area (Å²) in [7, 11) is 0. The molecule has 0 spiro atoms. The summed E-state index contributed by atoms with van der Waals surface area (Å²) in [5.74, 6) is -1.09. The maximum Gasteiger partial charge on any atom is 0.311 e. The van der Waals surface area contributed by atoms with Crippen molar-refractivity contribution in [2.75, 3.05) is 13.1 Å². The number of hydrogen-bond acceptors (Lipinski definition) is 4. The van der Waals surface area contributed by atoms with Gasteiger partial charge in [-0.25, -0.2) is 0 Å². The topological polar surface area (TPSA) is 73.1 Å². The molecule has 1 rings (SSSR count). The van der Waals surface area contributed by atoms with Crippen LogP contribution in [0, 0.1) is 0 Å². The molecule has 1 aliphatic rings. The van der Waals surface area contributed by atoms with E-state index in [4.69, 9.17) is 5.11 Å². The molecule has 0 saturated carbocycles. The number of carboxylic acid groups (broad SMARTS) is 1. The summed E-state index contributed by atoms with van der Waals surface area (Å²) in [5, 5.41) is 17.7. The first-order chi connectivity index (χ1) is 7.09. The van der Waals surface area contributed by atoms with Crippen molar-refractivity contribution in [3.8, 4) is 0 Å². The Labute approximate surface area is 88.7 Å². The number of carbonyl (C=O) groups is 1. The van der Waals surface area contributed by atoms with Gasteiger partial charge in [0.25, 0.3) is 0 Å². The fraction of sp³-hybridized carbons (Fsp3) is 0.600. The Morgan fingerprint density at radius 3 is 2.93 bits per heavy atom. The third kappa shape index (κ3) is 4.01. The van der Waals surface area contributed by atoms with Crippen LogP contribution in [-0.2, 0) is 4.79 Å². The maximum atomic E-state index is 10.3. The molecule has 0 aliphatic carbocycles. The van der Waals surface area contributed by atoms with Gasteiger partial charge in [0, 0.05) is 12.6 Å². The number of nitrogens with zero attached hydrogens (tertiary/aromatic N) is 2. The van der Waals surface area contributed by atoms with Crippen molar-refractivity contribution in [3.63, 3.8) is 0 Å². The first-order valence-corrected chi connectivity index (χ1v) is 4.95. The molecule has 1 aliphatic heterocycles. The van der Waals surface area contributed by atoms with Gasteiger partial charge in [-0.15, -0.1) is 0 Å². The molecule has 0 aromatic carbocycles. The van der Waals surface area contributed by atoms with Crippen molar-refractivity contribution in [1.82, 2.24) is 4.90 Å². The number of hydrogen-bond donors (Lipinski definition) is 2. The average Bonchev–Trinajstić information content (AvgIpc) is 2.65. The first kappa shape index (κ1) is 11.6. The third-order valence-corrected chi connectivity index (χ3v) is 2.31. The molecule has 1 heterocycles. The lowest BCUT2D eigenvalue weighted by atomic mass is 10.2. The molecule has 1 atom stereocenters. The molecule has 0 fully saturated rings. The standard InChI is InChI=1S/C10H16N2O3/c1-8(12-5-4-11-7-12)2-3-9(13)6-10(14)15/h3,7-8,13H,2,4-6H2,1H3,(H,14,15). The van der Waals surface area contributed by atoms with Crippen molar-refractivity contribution in [3.05, 3.63) is 11.8 Å². The molecule has 0 aromatic rings. The summed E-state index contributed by atoms with van der Waals surface area (Å²) in [6.07, 6.45) is 3.68. The second-order valence-corrected chi connectivity index (χ2v) is 3.61. The fourth-order valence-electron chi connectivity index (χ4n) is 1.40. The highest BCUT2D eigenvalue weighted by molar-refractivity contribution is 5.69. The van der Waals surface area contributed by atoms with E-state index < -0.39 is 5.97 Å². The second kappa shape index (κ2) is 5.38. The largest absolute Gasteiger partial charge is 0.512 e. The average molecular weight is 212 g/mol. The number of aliphatic carboxylic acids is 1. The zero-order valence-electron chi connectivity index (χ0n) is 8.76. The monoisotopic (exact) mass is 212 g/mol. The van der Waals surface area contributed by atoms with E-state index in [9.17, 15) is 9.90 Å². The molecule has 0 radical (unpaired) electrons. The minimum Gasteiger partial charge on any atom is -0.512 e. The minimum atomic E-state index is -1.01. The van der Waals surface area contributed by atoms with Gasteiger partial charge in [0.1, 0.15) is 6.42 Å². The number of rotatable bonds is 5. The Morgan fingerprint density at radius 1 is 1.67 bits per heavy atom. The third-order valence-electron chi connectivity index (χ3n) is 2.31. The Hall–Kier alpha value is -1.52. The number of aliphatic hydroxyl groups excluding tert-OH is 1. The van der Waals surface area contributed by atoms with E-state index in [1.54, 1.807) is 12.4 Å². The van der Waals surface area contributed by atoms with E-state index in [0.717, 1.165) is 13.1 Å². The molecule has 5 heteroatoms. The van der Waals surface area contributed by atoms with Gasteiger partial charge in [0.05, 0.1) is 18.6 Å². The maximum absolute atomic E-state index is 10.3. The summed E-state index contributed by atoms with van der Waals surface area (Å²) in [5.41, 5.74) is 0. The van der Waals surface area contributed by atoms with E-state index in [2.05, 4.69) is 9.89 Å². The Kier molecular flexibility index (Phi) is 4.15. The van der Waals surface area contributed by atoms with Gasteiger partial charge in [-0.2, -0.15) is 0 Å². The summed E-state index contributed by atoms with van der Waals surface area (Å²) < 4.78 is 0. The highest BCUT2D eigenvalue weighted by atomic mass is 16.4. The van der Waals surface area contributed by atoms with Crippen molar-refractivity contribution in [2.24, 2.45) is 4.99 Å². The molecule has 0 aromatic heterocycles. The number of aliphatic imine (C=N–C) groups is 1. The van der Waals surface area contributed by atoms with Gasteiger partial charge in [-0.05, 0) is 19.4 Å². The molecule has 0 saturated heterocycles. The minimum absolute atomic E-state index is 0.0783. The summed E-state index contributed by atoms with van der Waals surface area (Å²) in [6, 6.07) is 0.243. The zero-order valence-corrected chi connectivity index (χ0v) is 8.76. The van der Waals surface area contributed by atoms with Crippen molar-refractivity contribution in [2.45, 2.75) is 25.8 Å². The van der Waals surface area contributed by atoms with Crippen molar-refractivity contribution >= 4 is 12.3 Å². The van der Waals surface area contributed by atoms with Gasteiger partial charge in [-0.3, -0.25) is 9.79 Å². The number of carboxylic acids is 1. The lowest BCUT2D eigenvalue weighted by Crippen LogP contribution is -2.29. The van der Waals surface area contributed by atoms with Crippen molar-refractivity contribution < 1.29 is 15.0 Å². The molecule has 0 amide bonds. The van der Waals surface area contributed by atoms with E-state index in [1.165, 1.54) is 0 Å². The molecular weight excluding hydrogens is 196 g/mol. The van der Waals surface area contributed by atoms with Gasteiger partial charge < -0.3 is 15.1 Å². The summed E-state index contributed by atoms with van der Waals surface area (Å²) in [6.45, 7) is 3.73. The highest BCUT2D eigenvalue weighted by Crippen LogP contribution is 2.08. The lowest BCUT2D eigenvalue weighted by Gasteiger charge is -2.21. The van der Waals surface area contributed by atoms with Crippen LogP contribution < -0.4 is 0 Å². The lowest BCUT2D eigenvalue weighted by molar-refractivity contribution is -0.136. The van der Waals surface area contributed by atoms with E-state index in [-0.39, 0.29) is 18.2 Å². The predicted octanol–water partition coefficient (Wildman–Crippen LogP) is 1.03. The quantitative estimate of drug-likeness (QED) is 0.667. The Bertz CT molecular complexity index is 286. The fourth-order valence-corrected chi connectivity index (χ4v) is 1.40. The molecule has 1 unspecified atom stereocenters. The number of aliphatic hydroxyl groups is 1. The van der Waals surface area contributed by atoms with E-state index >= 15 is 0 Å². The van der Waals surface area contributed by atoms with Crippen molar-refractivity contribution in [1.29, 1.82) is 0 Å². The van der Waals surface area contributed by atoms with Gasteiger partial charge in [0.15, 0.2) is 0 Å². The van der Waals surface area contributed by atoms with Crippen LogP contribution in [0.4, 0.5) is 0 Å². The molecule has 84 valence electrons. The van der Waals surface area contributed by atoms with Crippen LogP contribution in [0.3, 0.4) is 0 Å². The molecule has 2 N–H and O–H groups in total. The van der Waals surface area contributed by atoms with E-state index in [1.807, 2.05) is 6.92 Å². The van der Waals surface area contributed by atoms with Crippen LogP contribution >= 0.6 is 0 Å². The Morgan fingerprint density at radius 2 is 2.40 bits per heavy atom. The Balaban J connectivity index is 2.34. The molecule has 5 nitrogen and oxygen atoms in total. The van der Waals surface area contributed by atoms with Crippen LogP contribution in [0.25, 0.3) is 0 Å². The summed E-state index contributed by atoms with van der Waals surface area (Å²) in [4.78, 5) is 16.4. The van der Waals surface area contributed by atoms with Crippen LogP contribution in [0.5, 0.6) is 0 Å². The molecular formula is C10H16N2O3. The van der Waals surface area contributed by atoms with Gasteiger partial charge >= 0.3 is 5.97 Å². The summed E-state index contributed by atoms with van der Waals surface area (Å²) >= 11 is 0. The van der Waals surface area contributed by atoms with E-state index in [0.29, 0.717) is 6.42 Å².